The molecule has 2 nitrogen and oxygen atoms in total. The average Bonchev–Trinajstić information content (AvgIpc) is 2.62. The Bertz CT molecular complexity index is 182. The van der Waals surface area contributed by atoms with Crippen LogP contribution in [0.5, 0.6) is 0 Å². The van der Waals surface area contributed by atoms with Gasteiger partial charge in [0, 0.05) is 6.04 Å². The van der Waals surface area contributed by atoms with Gasteiger partial charge in [-0.05, 0) is 44.1 Å². The van der Waals surface area contributed by atoms with E-state index in [9.17, 15) is 0 Å². The Kier molecular flexibility index (Phi) is 2.86. The molecule has 0 aliphatic carbocycles. The molecule has 0 aromatic heterocycles. The first-order valence-corrected chi connectivity index (χ1v) is 6.33. The van der Waals surface area contributed by atoms with E-state index >= 15 is 0 Å². The maximum absolute atomic E-state index is 5.79. The number of ether oxygens (including phenoxy) is 1. The maximum Gasteiger partial charge on any atom is 0.117 e. The van der Waals surface area contributed by atoms with Gasteiger partial charge in [-0.3, -0.25) is 5.32 Å². The van der Waals surface area contributed by atoms with Crippen LogP contribution < -0.4 is 5.32 Å². The summed E-state index contributed by atoms with van der Waals surface area (Å²) in [5, 5.41) is 3.53. The number of hydrogen-bond donors (Lipinski definition) is 1. The first-order valence-electron chi connectivity index (χ1n) is 5.17. The van der Waals surface area contributed by atoms with Crippen LogP contribution in [-0.4, -0.2) is 29.9 Å². The lowest BCUT2D eigenvalue weighted by molar-refractivity contribution is -0.0110. The van der Waals surface area contributed by atoms with Gasteiger partial charge in [0.1, 0.15) is 5.72 Å². The van der Waals surface area contributed by atoms with Crippen LogP contribution in [0.2, 0.25) is 0 Å². The zero-order valence-corrected chi connectivity index (χ0v) is 9.32. The normalized spacial score (nSPS) is 45.7. The first kappa shape index (κ1) is 9.81. The number of rotatable bonds is 2. The van der Waals surface area contributed by atoms with Gasteiger partial charge in [-0.2, -0.15) is 11.8 Å². The van der Waals surface area contributed by atoms with E-state index in [0.717, 1.165) is 12.5 Å². The molecule has 2 aliphatic rings. The highest BCUT2D eigenvalue weighted by molar-refractivity contribution is 7.99. The van der Waals surface area contributed by atoms with Crippen LogP contribution in [0.25, 0.3) is 0 Å². The fourth-order valence-corrected chi connectivity index (χ4v) is 3.61. The SMILES string of the molecule is CC1COC(C)(CC2CCSC2)N1. The van der Waals surface area contributed by atoms with E-state index in [1.165, 1.54) is 24.3 Å². The summed E-state index contributed by atoms with van der Waals surface area (Å²) in [6.07, 6.45) is 2.56. The van der Waals surface area contributed by atoms with Crippen LogP contribution in [0, 0.1) is 5.92 Å². The van der Waals surface area contributed by atoms with Crippen LogP contribution in [-0.2, 0) is 4.74 Å². The molecular formula is C10H19NOS. The van der Waals surface area contributed by atoms with Crippen molar-refractivity contribution in [3.63, 3.8) is 0 Å². The van der Waals surface area contributed by atoms with Crippen molar-refractivity contribution in [1.29, 1.82) is 0 Å². The van der Waals surface area contributed by atoms with Crippen molar-refractivity contribution >= 4 is 11.8 Å². The second-order valence-corrected chi connectivity index (χ2v) is 5.67. The van der Waals surface area contributed by atoms with E-state index in [-0.39, 0.29) is 5.72 Å². The van der Waals surface area contributed by atoms with Gasteiger partial charge in [-0.1, -0.05) is 0 Å². The van der Waals surface area contributed by atoms with Crippen molar-refractivity contribution < 1.29 is 4.74 Å². The summed E-state index contributed by atoms with van der Waals surface area (Å²) < 4.78 is 5.79. The molecule has 0 amide bonds. The largest absolute Gasteiger partial charge is 0.359 e. The number of hydrogen-bond acceptors (Lipinski definition) is 3. The smallest absolute Gasteiger partial charge is 0.117 e. The molecule has 2 saturated heterocycles. The highest BCUT2D eigenvalue weighted by Gasteiger charge is 2.36. The third-order valence-corrected chi connectivity index (χ3v) is 4.14. The predicted molar refractivity (Wildman–Crippen MR) is 57.0 cm³/mol. The van der Waals surface area contributed by atoms with E-state index in [1.54, 1.807) is 0 Å². The molecule has 2 aliphatic heterocycles. The van der Waals surface area contributed by atoms with E-state index in [1.807, 2.05) is 0 Å². The van der Waals surface area contributed by atoms with Gasteiger partial charge >= 0.3 is 0 Å². The molecule has 1 N–H and O–H groups in total. The molecule has 76 valence electrons. The molecule has 0 spiro atoms. The molecule has 0 saturated carbocycles. The summed E-state index contributed by atoms with van der Waals surface area (Å²) in [4.78, 5) is 0. The summed E-state index contributed by atoms with van der Waals surface area (Å²) in [6.45, 7) is 5.25. The highest BCUT2D eigenvalue weighted by Crippen LogP contribution is 2.32. The van der Waals surface area contributed by atoms with Gasteiger partial charge in [0.05, 0.1) is 6.61 Å². The van der Waals surface area contributed by atoms with E-state index in [0.29, 0.717) is 6.04 Å². The third-order valence-electron chi connectivity index (χ3n) is 2.91. The minimum absolute atomic E-state index is 0.0328. The molecule has 0 aromatic rings. The fourth-order valence-electron chi connectivity index (χ4n) is 2.33. The molecule has 3 unspecified atom stereocenters. The lowest BCUT2D eigenvalue weighted by Crippen LogP contribution is -2.42. The van der Waals surface area contributed by atoms with Crippen molar-refractivity contribution in [3.8, 4) is 0 Å². The van der Waals surface area contributed by atoms with Crippen LogP contribution in [0.15, 0.2) is 0 Å². The number of nitrogens with one attached hydrogen (secondary N) is 1. The molecule has 2 heterocycles. The summed E-state index contributed by atoms with van der Waals surface area (Å²) >= 11 is 2.08. The van der Waals surface area contributed by atoms with Crippen LogP contribution >= 0.6 is 11.8 Å². The minimum Gasteiger partial charge on any atom is -0.359 e. The van der Waals surface area contributed by atoms with Crippen molar-refractivity contribution in [3.05, 3.63) is 0 Å². The quantitative estimate of drug-likeness (QED) is 0.737. The monoisotopic (exact) mass is 201 g/mol. The van der Waals surface area contributed by atoms with Gasteiger partial charge in [-0.25, -0.2) is 0 Å². The molecular weight excluding hydrogens is 182 g/mol. The molecule has 0 aromatic carbocycles. The standard InChI is InChI=1S/C10H19NOS/c1-8-6-12-10(2,11-8)5-9-3-4-13-7-9/h8-9,11H,3-7H2,1-2H3. The third kappa shape index (κ3) is 2.39. The zero-order valence-electron chi connectivity index (χ0n) is 8.51. The van der Waals surface area contributed by atoms with Crippen molar-refractivity contribution in [1.82, 2.24) is 5.32 Å². The topological polar surface area (TPSA) is 21.3 Å². The van der Waals surface area contributed by atoms with Gasteiger partial charge in [0.15, 0.2) is 0 Å². The van der Waals surface area contributed by atoms with Crippen molar-refractivity contribution in [2.45, 2.75) is 38.5 Å². The first-order chi connectivity index (χ1) is 6.18. The Morgan fingerprint density at radius 1 is 1.62 bits per heavy atom. The van der Waals surface area contributed by atoms with Crippen molar-refractivity contribution in [2.75, 3.05) is 18.1 Å². The summed E-state index contributed by atoms with van der Waals surface area (Å²) in [7, 11) is 0. The lowest BCUT2D eigenvalue weighted by Gasteiger charge is -2.27. The minimum atomic E-state index is -0.0328. The van der Waals surface area contributed by atoms with Gasteiger partial charge in [0.2, 0.25) is 0 Å². The van der Waals surface area contributed by atoms with Crippen LogP contribution in [0.4, 0.5) is 0 Å². The summed E-state index contributed by atoms with van der Waals surface area (Å²) in [5.41, 5.74) is -0.0328. The zero-order chi connectivity index (χ0) is 9.31. The molecule has 0 radical (unpaired) electrons. The molecule has 13 heavy (non-hydrogen) atoms. The maximum atomic E-state index is 5.79. The Labute approximate surface area is 84.8 Å². The second-order valence-electron chi connectivity index (χ2n) is 4.52. The Morgan fingerprint density at radius 3 is 3.00 bits per heavy atom. The molecule has 2 fully saturated rings. The van der Waals surface area contributed by atoms with E-state index in [4.69, 9.17) is 4.74 Å². The van der Waals surface area contributed by atoms with Gasteiger partial charge in [-0.15, -0.1) is 0 Å². The average molecular weight is 201 g/mol. The fraction of sp³-hybridized carbons (Fsp3) is 1.00. The van der Waals surface area contributed by atoms with Gasteiger partial charge in [0.25, 0.3) is 0 Å². The molecule has 3 atom stereocenters. The Morgan fingerprint density at radius 2 is 2.46 bits per heavy atom. The van der Waals surface area contributed by atoms with E-state index in [2.05, 4.69) is 30.9 Å². The lowest BCUT2D eigenvalue weighted by atomic mass is 9.98. The summed E-state index contributed by atoms with van der Waals surface area (Å²) in [5.74, 6) is 3.54. The molecule has 0 bridgehead atoms. The van der Waals surface area contributed by atoms with E-state index < -0.39 is 0 Å². The van der Waals surface area contributed by atoms with Crippen LogP contribution in [0.3, 0.4) is 0 Å². The highest BCUT2D eigenvalue weighted by atomic mass is 32.2. The second kappa shape index (κ2) is 3.79. The van der Waals surface area contributed by atoms with Gasteiger partial charge < -0.3 is 4.74 Å². The number of thioether (sulfide) groups is 1. The van der Waals surface area contributed by atoms with Crippen molar-refractivity contribution in [2.24, 2.45) is 5.92 Å². The Balaban J connectivity index is 1.85. The molecule has 3 heteroatoms. The summed E-state index contributed by atoms with van der Waals surface area (Å²) in [6, 6.07) is 0.527. The Hall–Kier alpha value is 0.270. The molecule has 2 rings (SSSR count). The van der Waals surface area contributed by atoms with Crippen LogP contribution in [0.1, 0.15) is 26.7 Å². The predicted octanol–water partition coefficient (Wildman–Crippen LogP) is 1.85.